The van der Waals surface area contributed by atoms with E-state index in [4.69, 9.17) is 9.47 Å². The van der Waals surface area contributed by atoms with Crippen molar-refractivity contribution in [1.29, 1.82) is 0 Å². The van der Waals surface area contributed by atoms with Crippen LogP contribution < -0.4 is 14.8 Å². The molecule has 206 valence electrons. The Labute approximate surface area is 225 Å². The zero-order chi connectivity index (χ0) is 27.9. The van der Waals surface area contributed by atoms with Crippen LogP contribution in [0.4, 0.5) is 10.5 Å². The molecule has 2 amide bonds. The van der Waals surface area contributed by atoms with Crippen LogP contribution in [0.2, 0.25) is 0 Å². The van der Waals surface area contributed by atoms with Crippen LogP contribution in [0.5, 0.6) is 11.5 Å². The number of carbonyl (C=O) groups is 1. The molecular formula is C28H37N3O6S. The van der Waals surface area contributed by atoms with Gasteiger partial charge in [0.05, 0.1) is 20.3 Å². The van der Waals surface area contributed by atoms with Gasteiger partial charge in [-0.15, -0.1) is 0 Å². The fourth-order valence-corrected chi connectivity index (χ4v) is 5.88. The van der Waals surface area contributed by atoms with E-state index in [-0.39, 0.29) is 42.3 Å². The number of amides is 2. The average Bonchev–Trinajstić information content (AvgIpc) is 2.90. The van der Waals surface area contributed by atoms with Crippen LogP contribution in [0, 0.1) is 17.8 Å². The smallest absolute Gasteiger partial charge is 0.321 e. The summed E-state index contributed by atoms with van der Waals surface area (Å²) in [7, 11) is -0.714. The zero-order valence-electron chi connectivity index (χ0n) is 22.6. The Morgan fingerprint density at radius 3 is 2.63 bits per heavy atom. The number of aliphatic hydroxyl groups is 1. The fraction of sp³-hybridized carbons (Fsp3) is 0.464. The molecule has 38 heavy (non-hydrogen) atoms. The second-order valence-corrected chi connectivity index (χ2v) is 11.4. The minimum absolute atomic E-state index is 0.0149. The van der Waals surface area contributed by atoms with Crippen LogP contribution in [0.1, 0.15) is 39.2 Å². The number of aliphatic hydroxyl groups excluding tert-OH is 1. The van der Waals surface area contributed by atoms with E-state index < -0.39 is 22.2 Å². The number of nitrogens with zero attached hydrogens (tertiary/aromatic N) is 2. The van der Waals surface area contributed by atoms with Crippen molar-refractivity contribution in [3.05, 3.63) is 48.0 Å². The van der Waals surface area contributed by atoms with Crippen molar-refractivity contribution in [2.45, 2.75) is 50.7 Å². The molecule has 1 heterocycles. The van der Waals surface area contributed by atoms with Gasteiger partial charge in [0, 0.05) is 43.2 Å². The summed E-state index contributed by atoms with van der Waals surface area (Å²) in [4.78, 5) is 14.5. The molecule has 2 aromatic carbocycles. The standard InChI is InChI=1S/C28H37N3O6S/c1-6-7-8-9-22-10-15-27-25(16-22)37-26(20(2)17-31(21(3)19-32)38(27,34)35)18-30(4)28(33)29-23-11-13-24(36-5)14-12-23/h10-16,20-21,26,32H,6-7,17-19H2,1-5H3,(H,29,33)/t20-,21+,26-/m0/s1. The molecule has 0 aliphatic carbocycles. The van der Waals surface area contributed by atoms with E-state index in [1.807, 2.05) is 13.8 Å². The first-order valence-electron chi connectivity index (χ1n) is 12.7. The fourth-order valence-electron chi connectivity index (χ4n) is 4.06. The molecule has 2 aromatic rings. The number of likely N-dealkylation sites (N-methyl/N-ethyl adjacent to an activating group) is 1. The monoisotopic (exact) mass is 543 g/mol. The Morgan fingerprint density at radius 2 is 2.00 bits per heavy atom. The van der Waals surface area contributed by atoms with E-state index in [1.54, 1.807) is 57.5 Å². The van der Waals surface area contributed by atoms with Crippen LogP contribution in [0.3, 0.4) is 0 Å². The van der Waals surface area contributed by atoms with Crippen molar-refractivity contribution in [3.63, 3.8) is 0 Å². The third kappa shape index (κ3) is 6.98. The van der Waals surface area contributed by atoms with Crippen LogP contribution in [0.15, 0.2) is 47.4 Å². The number of benzene rings is 2. The average molecular weight is 544 g/mol. The van der Waals surface area contributed by atoms with E-state index >= 15 is 0 Å². The van der Waals surface area contributed by atoms with Gasteiger partial charge in [-0.05, 0) is 55.8 Å². The van der Waals surface area contributed by atoms with Crippen molar-refractivity contribution in [3.8, 4) is 23.3 Å². The number of anilines is 1. The maximum absolute atomic E-state index is 13.6. The predicted molar refractivity (Wildman–Crippen MR) is 147 cm³/mol. The lowest BCUT2D eigenvalue weighted by molar-refractivity contribution is 0.0830. The van der Waals surface area contributed by atoms with Gasteiger partial charge in [-0.25, -0.2) is 13.2 Å². The first kappa shape index (κ1) is 29.3. The third-order valence-corrected chi connectivity index (χ3v) is 8.44. The van der Waals surface area contributed by atoms with E-state index in [2.05, 4.69) is 17.2 Å². The molecule has 0 radical (unpaired) electrons. The lowest BCUT2D eigenvalue weighted by Crippen LogP contribution is -2.50. The number of hydrogen-bond donors (Lipinski definition) is 2. The summed E-state index contributed by atoms with van der Waals surface area (Å²) in [6, 6.07) is 10.8. The van der Waals surface area contributed by atoms with Gasteiger partial charge in [0.25, 0.3) is 0 Å². The highest BCUT2D eigenvalue weighted by Crippen LogP contribution is 2.34. The molecule has 0 aromatic heterocycles. The summed E-state index contributed by atoms with van der Waals surface area (Å²) in [5.74, 6) is 6.71. The molecular weight excluding hydrogens is 506 g/mol. The molecule has 3 rings (SSSR count). The number of carbonyl (C=O) groups excluding carboxylic acids is 1. The SMILES string of the molecule is CCCC#Cc1ccc2c(c1)O[C@@H](CN(C)C(=O)Nc1ccc(OC)cc1)[C@@H](C)CN([C@H](C)CO)S2(=O)=O. The normalized spacial score (nSPS) is 19.4. The van der Waals surface area contributed by atoms with Crippen molar-refractivity contribution in [2.75, 3.05) is 39.2 Å². The largest absolute Gasteiger partial charge is 0.497 e. The molecule has 0 saturated heterocycles. The van der Waals surface area contributed by atoms with Gasteiger partial charge in [-0.1, -0.05) is 25.7 Å². The van der Waals surface area contributed by atoms with E-state index in [9.17, 15) is 18.3 Å². The van der Waals surface area contributed by atoms with Gasteiger partial charge >= 0.3 is 6.03 Å². The van der Waals surface area contributed by atoms with Crippen molar-refractivity contribution in [1.82, 2.24) is 9.21 Å². The minimum atomic E-state index is -3.95. The second-order valence-electron chi connectivity index (χ2n) is 9.49. The molecule has 0 unspecified atom stereocenters. The number of urea groups is 1. The molecule has 10 heteroatoms. The van der Waals surface area contributed by atoms with Crippen LogP contribution in [-0.2, 0) is 10.0 Å². The highest BCUT2D eigenvalue weighted by atomic mass is 32.2. The van der Waals surface area contributed by atoms with Crippen LogP contribution in [-0.4, -0.2) is 74.8 Å². The molecule has 0 saturated carbocycles. The minimum Gasteiger partial charge on any atom is -0.497 e. The first-order valence-corrected chi connectivity index (χ1v) is 14.1. The highest BCUT2D eigenvalue weighted by molar-refractivity contribution is 7.89. The predicted octanol–water partition coefficient (Wildman–Crippen LogP) is 3.78. The lowest BCUT2D eigenvalue weighted by Gasteiger charge is -2.37. The molecule has 9 nitrogen and oxygen atoms in total. The summed E-state index contributed by atoms with van der Waals surface area (Å²) in [6.07, 6.45) is 1.12. The first-order chi connectivity index (χ1) is 18.1. The maximum atomic E-state index is 13.6. The van der Waals surface area contributed by atoms with Crippen molar-refractivity contribution < 1.29 is 27.8 Å². The van der Waals surface area contributed by atoms with Gasteiger partial charge in [-0.3, -0.25) is 0 Å². The summed E-state index contributed by atoms with van der Waals surface area (Å²) >= 11 is 0. The van der Waals surface area contributed by atoms with E-state index in [1.165, 1.54) is 15.3 Å². The molecule has 0 bridgehead atoms. The van der Waals surface area contributed by atoms with Gasteiger partial charge in [-0.2, -0.15) is 4.31 Å². The highest BCUT2D eigenvalue weighted by Gasteiger charge is 2.38. The van der Waals surface area contributed by atoms with Gasteiger partial charge in [0.15, 0.2) is 0 Å². The molecule has 2 N–H and O–H groups in total. The summed E-state index contributed by atoms with van der Waals surface area (Å²) in [6.45, 7) is 5.59. The molecule has 0 fully saturated rings. The summed E-state index contributed by atoms with van der Waals surface area (Å²) < 4.78 is 40.0. The molecule has 0 spiro atoms. The second kappa shape index (κ2) is 13.0. The summed E-state index contributed by atoms with van der Waals surface area (Å²) in [5, 5.41) is 12.7. The number of fused-ring (bicyclic) bond motifs is 1. The van der Waals surface area contributed by atoms with Crippen LogP contribution >= 0.6 is 0 Å². The number of ether oxygens (including phenoxy) is 2. The number of rotatable bonds is 7. The Balaban J connectivity index is 1.91. The van der Waals surface area contributed by atoms with Gasteiger partial charge in [0.1, 0.15) is 22.5 Å². The maximum Gasteiger partial charge on any atom is 0.321 e. The Bertz CT molecular complexity index is 1270. The Kier molecular flexibility index (Phi) is 10.0. The van der Waals surface area contributed by atoms with E-state index in [0.29, 0.717) is 17.0 Å². The number of hydrogen-bond acceptors (Lipinski definition) is 6. The summed E-state index contributed by atoms with van der Waals surface area (Å²) in [5.41, 5.74) is 1.26. The van der Waals surface area contributed by atoms with Crippen LogP contribution in [0.25, 0.3) is 0 Å². The molecule has 1 aliphatic rings. The van der Waals surface area contributed by atoms with Crippen molar-refractivity contribution in [2.24, 2.45) is 5.92 Å². The number of unbranched alkanes of at least 4 members (excludes halogenated alkanes) is 1. The topological polar surface area (TPSA) is 108 Å². The van der Waals surface area contributed by atoms with Gasteiger partial charge < -0.3 is 24.8 Å². The number of nitrogens with one attached hydrogen (secondary N) is 1. The molecule has 1 aliphatic heterocycles. The zero-order valence-corrected chi connectivity index (χ0v) is 23.4. The van der Waals surface area contributed by atoms with Gasteiger partial charge in [0.2, 0.25) is 10.0 Å². The third-order valence-electron chi connectivity index (χ3n) is 6.42. The Morgan fingerprint density at radius 1 is 1.29 bits per heavy atom. The molecule has 3 atom stereocenters. The number of methoxy groups -OCH3 is 1. The van der Waals surface area contributed by atoms with E-state index in [0.717, 1.165) is 12.8 Å². The Hall–Kier alpha value is -3.26. The number of sulfonamides is 1. The quantitative estimate of drug-likeness (QED) is 0.515. The lowest BCUT2D eigenvalue weighted by atomic mass is 10.0. The van der Waals surface area contributed by atoms with Crippen molar-refractivity contribution >= 4 is 21.7 Å².